The zero-order valence-electron chi connectivity index (χ0n) is 7.66. The summed E-state index contributed by atoms with van der Waals surface area (Å²) in [6, 6.07) is 7.77. The highest BCUT2D eigenvalue weighted by Gasteiger charge is 2.14. The minimum atomic E-state index is 0.258. The number of rotatable bonds is 0. The fraction of sp³-hybridized carbons (Fsp3) is 0.250. The largest absolute Gasteiger partial charge is 0.294 e. The van der Waals surface area contributed by atoms with Crippen LogP contribution in [0.1, 0.15) is 29.3 Å². The molecule has 1 aliphatic carbocycles. The SMILES string of the molecule is C[C@@H]1C=Cc2ccccc2C(=O)C1. The Morgan fingerprint density at radius 1 is 1.31 bits per heavy atom. The number of carbonyl (C=O) groups is 1. The lowest BCUT2D eigenvalue weighted by Crippen LogP contribution is -2.02. The van der Waals surface area contributed by atoms with E-state index in [1.807, 2.05) is 30.3 Å². The highest BCUT2D eigenvalue weighted by molar-refractivity contribution is 6.00. The molecule has 0 fully saturated rings. The van der Waals surface area contributed by atoms with E-state index in [-0.39, 0.29) is 5.78 Å². The number of benzene rings is 1. The topological polar surface area (TPSA) is 17.1 Å². The molecular weight excluding hydrogens is 160 g/mol. The van der Waals surface area contributed by atoms with E-state index in [2.05, 4.69) is 13.0 Å². The summed E-state index contributed by atoms with van der Waals surface area (Å²) in [4.78, 5) is 11.7. The zero-order valence-corrected chi connectivity index (χ0v) is 7.66. The quantitative estimate of drug-likeness (QED) is 0.588. The van der Waals surface area contributed by atoms with Crippen LogP contribution in [0.4, 0.5) is 0 Å². The Bertz CT molecular complexity index is 363. The van der Waals surface area contributed by atoms with Crippen molar-refractivity contribution >= 4 is 11.9 Å². The predicted molar refractivity (Wildman–Crippen MR) is 53.6 cm³/mol. The Balaban J connectivity index is 2.51. The lowest BCUT2D eigenvalue weighted by atomic mass is 10.0. The van der Waals surface area contributed by atoms with Crippen LogP contribution in [0, 0.1) is 5.92 Å². The fourth-order valence-electron chi connectivity index (χ4n) is 1.63. The molecule has 0 aromatic heterocycles. The Kier molecular flexibility index (Phi) is 2.01. The molecule has 1 atom stereocenters. The molecule has 2 rings (SSSR count). The second-order valence-electron chi connectivity index (χ2n) is 3.55. The van der Waals surface area contributed by atoms with Gasteiger partial charge in [-0.05, 0) is 11.5 Å². The van der Waals surface area contributed by atoms with Gasteiger partial charge in [0.05, 0.1) is 0 Å². The van der Waals surface area contributed by atoms with Gasteiger partial charge < -0.3 is 0 Å². The second kappa shape index (κ2) is 3.17. The molecule has 0 unspecified atom stereocenters. The van der Waals surface area contributed by atoms with Crippen LogP contribution in [0.15, 0.2) is 30.3 Å². The highest BCUT2D eigenvalue weighted by Crippen LogP contribution is 2.21. The van der Waals surface area contributed by atoms with Crippen LogP contribution in [0.5, 0.6) is 0 Å². The van der Waals surface area contributed by atoms with Gasteiger partial charge in [-0.3, -0.25) is 4.79 Å². The molecule has 13 heavy (non-hydrogen) atoms. The number of allylic oxidation sites excluding steroid dienone is 1. The number of hydrogen-bond donors (Lipinski definition) is 0. The molecule has 0 heterocycles. The second-order valence-corrected chi connectivity index (χ2v) is 3.55. The van der Waals surface area contributed by atoms with Gasteiger partial charge in [0.15, 0.2) is 5.78 Å². The van der Waals surface area contributed by atoms with Crippen LogP contribution >= 0.6 is 0 Å². The van der Waals surface area contributed by atoms with E-state index < -0.39 is 0 Å². The minimum Gasteiger partial charge on any atom is -0.294 e. The van der Waals surface area contributed by atoms with E-state index in [4.69, 9.17) is 0 Å². The fourth-order valence-corrected chi connectivity index (χ4v) is 1.63. The summed E-state index contributed by atoms with van der Waals surface area (Å²) in [6.45, 7) is 2.07. The van der Waals surface area contributed by atoms with E-state index >= 15 is 0 Å². The summed E-state index contributed by atoms with van der Waals surface area (Å²) >= 11 is 0. The summed E-state index contributed by atoms with van der Waals surface area (Å²) < 4.78 is 0. The summed E-state index contributed by atoms with van der Waals surface area (Å²) in [6.07, 6.45) is 4.78. The van der Waals surface area contributed by atoms with Gasteiger partial charge in [-0.25, -0.2) is 0 Å². The van der Waals surface area contributed by atoms with Crippen molar-refractivity contribution in [1.29, 1.82) is 0 Å². The molecule has 0 aliphatic heterocycles. The molecule has 66 valence electrons. The van der Waals surface area contributed by atoms with Gasteiger partial charge in [-0.15, -0.1) is 0 Å². The third kappa shape index (κ3) is 1.55. The maximum atomic E-state index is 11.7. The van der Waals surface area contributed by atoms with Gasteiger partial charge in [0.1, 0.15) is 0 Å². The Morgan fingerprint density at radius 2 is 2.08 bits per heavy atom. The molecule has 1 aliphatic rings. The van der Waals surface area contributed by atoms with Crippen LogP contribution in [0.25, 0.3) is 6.08 Å². The molecule has 1 heteroatoms. The molecule has 1 nitrogen and oxygen atoms in total. The summed E-state index contributed by atoms with van der Waals surface area (Å²) in [5.41, 5.74) is 1.92. The molecule has 1 aromatic rings. The number of ketones is 1. The first-order chi connectivity index (χ1) is 6.27. The molecule has 0 bridgehead atoms. The average Bonchev–Trinajstić information content (AvgIpc) is 2.27. The molecule has 0 spiro atoms. The molecule has 0 N–H and O–H groups in total. The van der Waals surface area contributed by atoms with Crippen molar-refractivity contribution in [2.24, 2.45) is 5.92 Å². The van der Waals surface area contributed by atoms with Gasteiger partial charge in [0.2, 0.25) is 0 Å². The number of Topliss-reactive ketones (excluding diaryl/α,β-unsaturated/α-hetero) is 1. The zero-order chi connectivity index (χ0) is 9.26. The van der Waals surface area contributed by atoms with Crippen molar-refractivity contribution in [2.45, 2.75) is 13.3 Å². The van der Waals surface area contributed by atoms with Crippen molar-refractivity contribution in [3.63, 3.8) is 0 Å². The first-order valence-corrected chi connectivity index (χ1v) is 4.58. The van der Waals surface area contributed by atoms with Crippen molar-refractivity contribution in [3.8, 4) is 0 Å². The van der Waals surface area contributed by atoms with Crippen LogP contribution in [-0.2, 0) is 0 Å². The monoisotopic (exact) mass is 172 g/mol. The van der Waals surface area contributed by atoms with Gasteiger partial charge in [-0.1, -0.05) is 43.3 Å². The maximum Gasteiger partial charge on any atom is 0.164 e. The van der Waals surface area contributed by atoms with Gasteiger partial charge in [0.25, 0.3) is 0 Å². The maximum absolute atomic E-state index is 11.7. The van der Waals surface area contributed by atoms with Crippen LogP contribution in [0.2, 0.25) is 0 Å². The Morgan fingerprint density at radius 3 is 2.92 bits per heavy atom. The number of hydrogen-bond acceptors (Lipinski definition) is 1. The van der Waals surface area contributed by atoms with Gasteiger partial charge >= 0.3 is 0 Å². The third-order valence-electron chi connectivity index (χ3n) is 2.37. The van der Waals surface area contributed by atoms with E-state index in [0.717, 1.165) is 11.1 Å². The molecule has 0 saturated carbocycles. The predicted octanol–water partition coefficient (Wildman–Crippen LogP) is 2.92. The summed E-state index contributed by atoms with van der Waals surface area (Å²) in [5, 5.41) is 0. The van der Waals surface area contributed by atoms with E-state index in [0.29, 0.717) is 12.3 Å². The number of carbonyl (C=O) groups excluding carboxylic acids is 1. The molecule has 0 amide bonds. The van der Waals surface area contributed by atoms with E-state index in [9.17, 15) is 4.79 Å². The normalized spacial score (nSPS) is 21.0. The Labute approximate surface area is 78.1 Å². The minimum absolute atomic E-state index is 0.258. The van der Waals surface area contributed by atoms with Gasteiger partial charge in [0, 0.05) is 12.0 Å². The lowest BCUT2D eigenvalue weighted by molar-refractivity contribution is 0.0973. The van der Waals surface area contributed by atoms with E-state index in [1.54, 1.807) is 0 Å². The van der Waals surface area contributed by atoms with Crippen molar-refractivity contribution in [1.82, 2.24) is 0 Å². The Hall–Kier alpha value is -1.37. The van der Waals surface area contributed by atoms with Crippen molar-refractivity contribution in [3.05, 3.63) is 41.5 Å². The smallest absolute Gasteiger partial charge is 0.164 e. The molecule has 0 radical (unpaired) electrons. The third-order valence-corrected chi connectivity index (χ3v) is 2.37. The lowest BCUT2D eigenvalue weighted by Gasteiger charge is -2.02. The first kappa shape index (κ1) is 8.24. The van der Waals surface area contributed by atoms with Crippen LogP contribution in [0.3, 0.4) is 0 Å². The summed E-state index contributed by atoms with van der Waals surface area (Å²) in [5.74, 6) is 0.619. The first-order valence-electron chi connectivity index (χ1n) is 4.58. The van der Waals surface area contributed by atoms with E-state index in [1.165, 1.54) is 0 Å². The summed E-state index contributed by atoms with van der Waals surface area (Å²) in [7, 11) is 0. The molecule has 1 aromatic carbocycles. The van der Waals surface area contributed by atoms with Crippen molar-refractivity contribution < 1.29 is 4.79 Å². The molecule has 0 saturated heterocycles. The van der Waals surface area contributed by atoms with Gasteiger partial charge in [-0.2, -0.15) is 0 Å². The van der Waals surface area contributed by atoms with Crippen LogP contribution < -0.4 is 0 Å². The average molecular weight is 172 g/mol. The standard InChI is InChI=1S/C12H12O/c1-9-6-7-10-4-2-3-5-11(10)12(13)8-9/h2-7,9H,8H2,1H3/t9-/m1/s1. The molecular formula is C12H12O. The van der Waals surface area contributed by atoms with Crippen LogP contribution in [-0.4, -0.2) is 5.78 Å². The number of fused-ring (bicyclic) bond motifs is 1. The highest BCUT2D eigenvalue weighted by atomic mass is 16.1. The van der Waals surface area contributed by atoms with Crippen molar-refractivity contribution in [2.75, 3.05) is 0 Å².